The topological polar surface area (TPSA) is 69.0 Å². The highest BCUT2D eigenvalue weighted by atomic mass is 16.3. The third-order valence-electron chi connectivity index (χ3n) is 29.8. The largest absolute Gasteiger partial charge is 0.454 e. The molecule has 32 rings (SSSR count). The van der Waals surface area contributed by atoms with Crippen molar-refractivity contribution in [1.29, 1.82) is 0 Å². The van der Waals surface area contributed by atoms with Crippen molar-refractivity contribution in [2.45, 2.75) is 0 Å². The minimum atomic E-state index is 0.899. The Morgan fingerprint density at radius 3 is 0.783 bits per heavy atom. The molecule has 23 aromatic carbocycles. The first kappa shape index (κ1) is 79.9. The first-order valence-electron chi connectivity index (χ1n) is 48.9. The highest BCUT2D eigenvalue weighted by Gasteiger charge is 2.29. The molecule has 0 spiro atoms. The molecule has 0 saturated carbocycles. The van der Waals surface area contributed by atoms with Crippen molar-refractivity contribution in [2.75, 3.05) is 0 Å². The molecule has 0 aliphatic rings. The van der Waals surface area contributed by atoms with Gasteiger partial charge in [0.25, 0.3) is 0 Å². The molecule has 0 N–H and O–H groups in total. The SMILES string of the molecule is c1ccc(-c2cccc(-n3c4cc5c(cc4c4ccc6c7ccccc7oc6c43)c3ccccc3n5-c3ccccc3)c2)cc1.c1ccc(-c2cccc(-n3c4ccccc4c4cc5c6ccc7c8ccccc8oc7c6n(-c6cccc(-c7ccccc7)c6)c5cc43)c2)cc1.c1ccc(-n2c3cc4c(cc3c3ccc5c6ccccc6oc5c32)c2ccccc2n4-c2cc3ccccc3c3ccccc23)cc1. The summed E-state index contributed by atoms with van der Waals surface area (Å²) in [4.78, 5) is 0. The van der Waals surface area contributed by atoms with E-state index in [2.05, 4.69) is 507 Å². The number of hydrogen-bond donors (Lipinski definition) is 0. The van der Waals surface area contributed by atoms with Crippen LogP contribution in [0.2, 0.25) is 0 Å². The molecule has 0 saturated heterocycles. The standard InChI is InChI=1S/C48H30N2O.C44H26N2O.C42H26N2O/c1-3-13-31(14-4-1)33-17-11-19-35(27-33)49-43-23-9-7-21-37(43)41-29-42-39-25-26-40-38-22-8-10-24-46(38)51-48(40)47(39)50(45(42)30-44(41)49)36-20-12-18-34(28-36)32-15-5-2-6-16-32;1-2-13-28(14-3-1)45-40-26-41-36(25-37(40)34-22-23-35-33-19-9-11-21-42(33)47-44(35)43(34)45)32-18-8-10-20-38(32)46(41)39-24-27-12-4-5-15-29(27)30-16-6-7-17-31(30)39;1-3-12-27(13-4-1)28-14-11-17-30(24-28)44-39-26-38-35(31-18-7-9-20-37(31)43(38)29-15-5-2-6-16-29)25-36(39)33-22-23-34-32-19-8-10-21-40(32)45-42(34)41(33)44/h1-30H;1-26H;1-26H. The number of hydrogen-bond acceptors (Lipinski definition) is 3. The van der Waals surface area contributed by atoms with Crippen LogP contribution in [0.4, 0.5) is 0 Å². The van der Waals surface area contributed by atoms with Gasteiger partial charge < -0.3 is 40.7 Å². The first-order chi connectivity index (χ1) is 71.0. The van der Waals surface area contributed by atoms with Crippen molar-refractivity contribution in [3.8, 4) is 67.5 Å². The Morgan fingerprint density at radius 2 is 0.385 bits per heavy atom. The fourth-order valence-corrected chi connectivity index (χ4v) is 23.6. The van der Waals surface area contributed by atoms with Gasteiger partial charge in [-0.05, 0) is 207 Å². The molecule has 0 aliphatic heterocycles. The Morgan fingerprint density at radius 1 is 0.126 bits per heavy atom. The molecular weight excluding hydrogens is 1740 g/mol. The second-order valence-electron chi connectivity index (χ2n) is 37.6. The monoisotopic (exact) mass is 1820 g/mol. The van der Waals surface area contributed by atoms with Gasteiger partial charge in [0.2, 0.25) is 0 Å². The maximum absolute atomic E-state index is 6.74. The Kier molecular flexibility index (Phi) is 17.7. The normalized spacial score (nSPS) is 12.1. The predicted molar refractivity (Wildman–Crippen MR) is 599 cm³/mol. The Hall–Kier alpha value is -19.2. The number of fused-ring (bicyclic) bond motifs is 33. The van der Waals surface area contributed by atoms with Crippen LogP contribution in [-0.4, -0.2) is 27.4 Å². The molecule has 0 atom stereocenters. The molecule has 666 valence electrons. The zero-order valence-corrected chi connectivity index (χ0v) is 77.3. The van der Waals surface area contributed by atoms with E-state index in [1.54, 1.807) is 0 Å². The molecule has 143 heavy (non-hydrogen) atoms. The summed E-state index contributed by atoms with van der Waals surface area (Å²) in [6.45, 7) is 0. The maximum atomic E-state index is 6.74. The van der Waals surface area contributed by atoms with Crippen LogP contribution >= 0.6 is 0 Å². The molecule has 32 aromatic rings. The number of benzene rings is 23. The lowest BCUT2D eigenvalue weighted by Crippen LogP contribution is -1.97. The fraction of sp³-hybridized carbons (Fsp3) is 0. The summed E-state index contributed by atoms with van der Waals surface area (Å²) < 4.78 is 34.6. The van der Waals surface area contributed by atoms with Gasteiger partial charge in [0, 0.05) is 131 Å². The molecule has 9 heteroatoms. The maximum Gasteiger partial charge on any atom is 0.160 e. The third-order valence-corrected chi connectivity index (χ3v) is 29.8. The van der Waals surface area contributed by atoms with Crippen LogP contribution < -0.4 is 0 Å². The van der Waals surface area contributed by atoms with Crippen LogP contribution in [0, 0.1) is 0 Å². The summed E-state index contributed by atoms with van der Waals surface area (Å²) in [7, 11) is 0. The van der Waals surface area contributed by atoms with Gasteiger partial charge >= 0.3 is 0 Å². The van der Waals surface area contributed by atoms with Crippen LogP contribution in [0.3, 0.4) is 0 Å². The molecule has 0 fully saturated rings. The van der Waals surface area contributed by atoms with Crippen molar-refractivity contribution in [3.63, 3.8) is 0 Å². The predicted octanol–water partition coefficient (Wildman–Crippen LogP) is 36.6. The fourth-order valence-electron chi connectivity index (χ4n) is 23.6. The summed E-state index contributed by atoms with van der Waals surface area (Å²) in [5, 5.41) is 26.4. The van der Waals surface area contributed by atoms with E-state index in [0.29, 0.717) is 0 Å². The Labute approximate surface area is 818 Å². The molecule has 0 aliphatic carbocycles. The summed E-state index contributed by atoms with van der Waals surface area (Å²) in [6, 6.07) is 179. The average molecular weight is 1820 g/mol. The van der Waals surface area contributed by atoms with E-state index in [0.717, 1.165) is 133 Å². The molecule has 0 bridgehead atoms. The molecule has 0 unspecified atom stereocenters. The zero-order valence-electron chi connectivity index (χ0n) is 77.3. The van der Waals surface area contributed by atoms with Gasteiger partial charge in [-0.25, -0.2) is 0 Å². The lowest BCUT2D eigenvalue weighted by atomic mass is 10.00. The molecule has 0 radical (unpaired) electrons. The summed E-state index contributed by atoms with van der Waals surface area (Å²) in [5.41, 5.74) is 33.2. The summed E-state index contributed by atoms with van der Waals surface area (Å²) >= 11 is 0. The smallest absolute Gasteiger partial charge is 0.160 e. The van der Waals surface area contributed by atoms with Gasteiger partial charge in [-0.15, -0.1) is 0 Å². The van der Waals surface area contributed by atoms with Gasteiger partial charge in [-0.1, -0.05) is 340 Å². The summed E-state index contributed by atoms with van der Waals surface area (Å²) in [5.74, 6) is 0. The Bertz CT molecular complexity index is 10900. The van der Waals surface area contributed by atoms with Gasteiger partial charge in [-0.2, -0.15) is 0 Å². The molecule has 9 heterocycles. The lowest BCUT2D eigenvalue weighted by molar-refractivity contribution is 0.670. The number of rotatable bonds is 9. The van der Waals surface area contributed by atoms with Gasteiger partial charge in [-0.3, -0.25) is 0 Å². The van der Waals surface area contributed by atoms with E-state index in [4.69, 9.17) is 13.3 Å². The van der Waals surface area contributed by atoms with E-state index in [-0.39, 0.29) is 0 Å². The second kappa shape index (κ2) is 31.7. The minimum Gasteiger partial charge on any atom is -0.454 e. The highest BCUT2D eigenvalue weighted by Crippen LogP contribution is 2.51. The van der Waals surface area contributed by atoms with Gasteiger partial charge in [0.05, 0.1) is 71.9 Å². The Balaban J connectivity index is 0.000000100. The van der Waals surface area contributed by atoms with E-state index < -0.39 is 0 Å². The third kappa shape index (κ3) is 12.3. The molecular formula is C134H82N6O3. The lowest BCUT2D eigenvalue weighted by Gasteiger charge is -2.14. The van der Waals surface area contributed by atoms with Crippen molar-refractivity contribution < 1.29 is 13.3 Å². The minimum absolute atomic E-state index is 0.899. The van der Waals surface area contributed by atoms with E-state index in [1.807, 2.05) is 18.2 Å². The van der Waals surface area contributed by atoms with E-state index in [9.17, 15) is 0 Å². The van der Waals surface area contributed by atoms with Crippen molar-refractivity contribution >= 4 is 218 Å². The molecule has 0 amide bonds. The van der Waals surface area contributed by atoms with Crippen LogP contribution in [-0.2, 0) is 0 Å². The highest BCUT2D eigenvalue weighted by molar-refractivity contribution is 6.30. The van der Waals surface area contributed by atoms with Crippen LogP contribution in [0.25, 0.3) is 286 Å². The van der Waals surface area contributed by atoms with Crippen molar-refractivity contribution in [2.24, 2.45) is 0 Å². The average Bonchev–Trinajstić information content (AvgIpc) is 1.54. The van der Waals surface area contributed by atoms with Crippen molar-refractivity contribution in [3.05, 3.63) is 497 Å². The second-order valence-corrected chi connectivity index (χ2v) is 37.6. The van der Waals surface area contributed by atoms with Crippen LogP contribution in [0.15, 0.2) is 511 Å². The number of nitrogens with zero attached hydrogens (tertiary/aromatic N) is 6. The van der Waals surface area contributed by atoms with Gasteiger partial charge in [0.15, 0.2) is 16.7 Å². The number of para-hydroxylation sites is 8. The molecule has 9 aromatic heterocycles. The molecule has 9 nitrogen and oxygen atoms in total. The number of furan rings is 3. The van der Waals surface area contributed by atoms with E-state index >= 15 is 0 Å². The van der Waals surface area contributed by atoms with Crippen LogP contribution in [0.1, 0.15) is 0 Å². The van der Waals surface area contributed by atoms with Crippen molar-refractivity contribution in [1.82, 2.24) is 27.4 Å². The summed E-state index contributed by atoms with van der Waals surface area (Å²) in [6.07, 6.45) is 0. The van der Waals surface area contributed by atoms with Gasteiger partial charge in [0.1, 0.15) is 16.7 Å². The van der Waals surface area contributed by atoms with E-state index in [1.165, 1.54) is 153 Å². The number of aromatic nitrogens is 6. The zero-order chi connectivity index (χ0) is 93.6. The first-order valence-corrected chi connectivity index (χ1v) is 48.9. The quantitative estimate of drug-likeness (QED) is 0.135. The van der Waals surface area contributed by atoms with Crippen LogP contribution in [0.5, 0.6) is 0 Å².